The molecule has 2 N–H and O–H groups in total. The fourth-order valence-electron chi connectivity index (χ4n) is 2.29. The van der Waals surface area contributed by atoms with Crippen LogP contribution >= 0.6 is 45.2 Å². The summed E-state index contributed by atoms with van der Waals surface area (Å²) in [5.74, 6) is -0.427. The summed E-state index contributed by atoms with van der Waals surface area (Å²) in [5.41, 5.74) is 3.00. The molecule has 0 aromatic carbocycles. The topological polar surface area (TPSA) is 118 Å². The molecule has 0 bridgehead atoms. The van der Waals surface area contributed by atoms with Crippen LogP contribution in [-0.2, 0) is 0 Å². The third-order valence-corrected chi connectivity index (χ3v) is 7.38. The molecule has 0 saturated heterocycles. The minimum absolute atomic E-state index is 0.0372. The van der Waals surface area contributed by atoms with Gasteiger partial charge in [0, 0.05) is 25.6 Å². The van der Waals surface area contributed by atoms with Crippen LogP contribution in [0.4, 0.5) is 0 Å². The maximum Gasteiger partial charge on any atom is 0.258 e. The van der Waals surface area contributed by atoms with Gasteiger partial charge in [-0.25, -0.2) is 4.68 Å². The summed E-state index contributed by atoms with van der Waals surface area (Å²) in [7, 11) is 0. The molecule has 2 aromatic rings. The van der Waals surface area contributed by atoms with E-state index in [2.05, 4.69) is 82.5 Å². The summed E-state index contributed by atoms with van der Waals surface area (Å²) in [6.07, 6.45) is 9.61. The number of hydrogen-bond donors (Lipinski definition) is 2. The standard InChI is InChI=1S/C21H23I2N7O2/c1-6-7-24-10-13(2)16-12-30(29-27-16)17-8-15(11-25-14(17)3)20(31)26-19(28-32)9-18(22)21(4,5)23/h6-12,32H,1H2,2-5H3,(H,26,28,31)/b13-10+,18-9-,24-7-. The number of aliphatic imine (C=N–C) groups is 1. The van der Waals surface area contributed by atoms with E-state index < -0.39 is 5.91 Å². The molecule has 0 aliphatic rings. The van der Waals surface area contributed by atoms with Crippen molar-refractivity contribution >= 4 is 68.7 Å². The lowest BCUT2D eigenvalue weighted by molar-refractivity contribution is 0.0975. The molecule has 9 nitrogen and oxygen atoms in total. The summed E-state index contributed by atoms with van der Waals surface area (Å²) < 4.78 is 2.28. The average molecular weight is 659 g/mol. The Morgan fingerprint density at radius 3 is 2.75 bits per heavy atom. The number of oxime groups is 1. The number of nitrogens with one attached hydrogen (secondary N) is 1. The Morgan fingerprint density at radius 1 is 1.41 bits per heavy atom. The molecule has 11 heteroatoms. The van der Waals surface area contributed by atoms with E-state index in [-0.39, 0.29) is 14.8 Å². The molecular weight excluding hydrogens is 636 g/mol. The highest BCUT2D eigenvalue weighted by Crippen LogP contribution is 2.31. The van der Waals surface area contributed by atoms with E-state index in [0.717, 1.165) is 9.15 Å². The predicted molar refractivity (Wildman–Crippen MR) is 143 cm³/mol. The quantitative estimate of drug-likeness (QED) is 0.112. The minimum atomic E-state index is -0.464. The van der Waals surface area contributed by atoms with E-state index >= 15 is 0 Å². The summed E-state index contributed by atoms with van der Waals surface area (Å²) in [6, 6.07) is 1.65. The first kappa shape index (κ1) is 25.8. The van der Waals surface area contributed by atoms with E-state index in [0.29, 0.717) is 17.1 Å². The van der Waals surface area contributed by atoms with Crippen molar-refractivity contribution in [2.75, 3.05) is 0 Å². The van der Waals surface area contributed by atoms with Crippen LogP contribution in [0.25, 0.3) is 11.3 Å². The molecule has 2 rings (SSSR count). The molecule has 2 aromatic heterocycles. The van der Waals surface area contributed by atoms with Gasteiger partial charge in [0.15, 0.2) is 5.84 Å². The van der Waals surface area contributed by atoms with Crippen molar-refractivity contribution in [1.29, 1.82) is 0 Å². The molecule has 1 amide bonds. The monoisotopic (exact) mass is 659 g/mol. The zero-order chi connectivity index (χ0) is 23.9. The van der Waals surface area contributed by atoms with Gasteiger partial charge in [-0.15, -0.1) is 5.10 Å². The zero-order valence-electron chi connectivity index (χ0n) is 18.0. The number of pyridine rings is 1. The predicted octanol–water partition coefficient (Wildman–Crippen LogP) is 4.64. The van der Waals surface area contributed by atoms with Crippen LogP contribution in [0.3, 0.4) is 0 Å². The number of halogens is 2. The molecule has 168 valence electrons. The lowest BCUT2D eigenvalue weighted by atomic mass is 10.2. The van der Waals surface area contributed by atoms with Crippen molar-refractivity contribution in [3.63, 3.8) is 0 Å². The van der Waals surface area contributed by atoms with Crippen LogP contribution in [0.1, 0.15) is 42.5 Å². The molecule has 0 unspecified atom stereocenters. The fourth-order valence-corrected chi connectivity index (χ4v) is 2.74. The van der Waals surface area contributed by atoms with Gasteiger partial charge in [0.2, 0.25) is 0 Å². The number of aryl methyl sites for hydroxylation is 1. The van der Waals surface area contributed by atoms with E-state index in [9.17, 15) is 10.0 Å². The van der Waals surface area contributed by atoms with Crippen molar-refractivity contribution in [3.05, 3.63) is 63.9 Å². The van der Waals surface area contributed by atoms with Gasteiger partial charge >= 0.3 is 0 Å². The largest absolute Gasteiger partial charge is 0.409 e. The Kier molecular flexibility index (Phi) is 9.24. The van der Waals surface area contributed by atoms with Crippen molar-refractivity contribution in [2.45, 2.75) is 31.1 Å². The van der Waals surface area contributed by atoms with E-state index in [1.165, 1.54) is 6.20 Å². The zero-order valence-corrected chi connectivity index (χ0v) is 22.4. The van der Waals surface area contributed by atoms with Crippen LogP contribution in [0.2, 0.25) is 0 Å². The number of nitrogens with zero attached hydrogens (tertiary/aromatic N) is 6. The molecule has 0 aliphatic carbocycles. The number of aromatic nitrogens is 4. The molecular formula is C21H23I2N7O2. The third-order valence-electron chi connectivity index (χ3n) is 4.11. The average Bonchev–Trinajstić information content (AvgIpc) is 3.23. The van der Waals surface area contributed by atoms with Crippen LogP contribution < -0.4 is 5.32 Å². The Hall–Kier alpha value is -2.42. The van der Waals surface area contributed by atoms with Crippen LogP contribution in [0.5, 0.6) is 0 Å². The number of alkyl halides is 1. The molecule has 0 radical (unpaired) electrons. The molecule has 0 aliphatic heterocycles. The number of hydrogen-bond acceptors (Lipinski definition) is 7. The number of amidine groups is 1. The highest BCUT2D eigenvalue weighted by atomic mass is 127. The van der Waals surface area contributed by atoms with Gasteiger partial charge < -0.3 is 10.5 Å². The third kappa shape index (κ3) is 7.05. The lowest BCUT2D eigenvalue weighted by Gasteiger charge is -2.15. The van der Waals surface area contributed by atoms with Gasteiger partial charge in [-0.2, -0.15) is 0 Å². The SMILES string of the molecule is C=C/C=N\C=C(/C)c1cn(-c2cc(C(=O)NC(/C=C(\I)C(C)(C)I)=N/O)cnc2C)nn1. The van der Waals surface area contributed by atoms with Crippen molar-refractivity contribution < 1.29 is 10.0 Å². The van der Waals surface area contributed by atoms with Gasteiger partial charge in [0.05, 0.1) is 23.1 Å². The molecule has 2 heterocycles. The smallest absolute Gasteiger partial charge is 0.258 e. The second-order valence-electron chi connectivity index (χ2n) is 7.13. The number of rotatable bonds is 7. The maximum absolute atomic E-state index is 12.7. The van der Waals surface area contributed by atoms with Gasteiger partial charge in [0.1, 0.15) is 5.69 Å². The lowest BCUT2D eigenvalue weighted by Crippen LogP contribution is -2.30. The summed E-state index contributed by atoms with van der Waals surface area (Å²) in [5, 5.41) is 23.4. The number of amides is 1. The van der Waals surface area contributed by atoms with Crippen molar-refractivity contribution in [1.82, 2.24) is 25.3 Å². The number of allylic oxidation sites excluding steroid dienone is 3. The van der Waals surface area contributed by atoms with Crippen LogP contribution in [0.15, 0.2) is 57.1 Å². The highest BCUT2D eigenvalue weighted by molar-refractivity contribution is 14.1. The number of carbonyl (C=O) groups excluding carboxylic acids is 1. The normalized spacial score (nSPS) is 13.5. The Bertz CT molecular complexity index is 1130. The first-order chi connectivity index (χ1) is 15.1. The van der Waals surface area contributed by atoms with Gasteiger partial charge in [-0.05, 0) is 68.0 Å². The molecule has 0 fully saturated rings. The van der Waals surface area contributed by atoms with Crippen molar-refractivity contribution in [2.24, 2.45) is 10.1 Å². The number of carbonyl (C=O) groups is 1. The first-order valence-electron chi connectivity index (χ1n) is 9.37. The van der Waals surface area contributed by atoms with E-state index in [4.69, 9.17) is 0 Å². The highest BCUT2D eigenvalue weighted by Gasteiger charge is 2.19. The summed E-state index contributed by atoms with van der Waals surface area (Å²) in [4.78, 5) is 21.1. The van der Waals surface area contributed by atoms with Gasteiger partial charge in [-0.1, -0.05) is 45.6 Å². The fraction of sp³-hybridized carbons (Fsp3) is 0.238. The summed E-state index contributed by atoms with van der Waals surface area (Å²) in [6.45, 7) is 11.3. The van der Waals surface area contributed by atoms with Crippen LogP contribution in [-0.4, -0.2) is 46.6 Å². The Morgan fingerprint density at radius 2 is 2.12 bits per heavy atom. The molecule has 0 atom stereocenters. The second-order valence-corrected chi connectivity index (χ2v) is 11.0. The molecule has 0 saturated carbocycles. The second kappa shape index (κ2) is 11.4. The minimum Gasteiger partial charge on any atom is -0.409 e. The Labute approximate surface area is 213 Å². The van der Waals surface area contributed by atoms with Gasteiger partial charge in [-0.3, -0.25) is 14.8 Å². The van der Waals surface area contributed by atoms with Crippen LogP contribution in [0, 0.1) is 6.92 Å². The summed E-state index contributed by atoms with van der Waals surface area (Å²) >= 11 is 4.41. The molecule has 32 heavy (non-hydrogen) atoms. The van der Waals surface area contributed by atoms with Crippen molar-refractivity contribution in [3.8, 4) is 5.69 Å². The maximum atomic E-state index is 12.7. The molecule has 0 spiro atoms. The van der Waals surface area contributed by atoms with E-state index in [1.54, 1.807) is 41.5 Å². The van der Waals surface area contributed by atoms with Gasteiger partial charge in [0.25, 0.3) is 5.91 Å². The first-order valence-corrected chi connectivity index (χ1v) is 11.5. The Balaban J connectivity index is 2.30. The van der Waals surface area contributed by atoms with E-state index in [1.807, 2.05) is 27.7 Å².